The lowest BCUT2D eigenvalue weighted by molar-refractivity contribution is -0.141. The predicted molar refractivity (Wildman–Crippen MR) is 89.3 cm³/mol. The maximum absolute atomic E-state index is 14.3. The van der Waals surface area contributed by atoms with Gasteiger partial charge in [-0.25, -0.2) is 13.6 Å². The Hall–Kier alpha value is -2.18. The number of hydrogen-bond donors (Lipinski definition) is 2. The second-order valence-electron chi connectivity index (χ2n) is 6.87. The molecule has 1 saturated carbocycles. The van der Waals surface area contributed by atoms with Crippen molar-refractivity contribution in [2.24, 2.45) is 5.92 Å². The van der Waals surface area contributed by atoms with Crippen LogP contribution in [0, 0.1) is 17.6 Å². The number of carboxylic acids is 1. The highest BCUT2D eigenvalue weighted by molar-refractivity contribution is 5.75. The van der Waals surface area contributed by atoms with E-state index in [4.69, 9.17) is 5.11 Å². The first-order valence-corrected chi connectivity index (χ1v) is 8.43. The number of amides is 2. The molecule has 1 atom stereocenters. The van der Waals surface area contributed by atoms with E-state index in [1.807, 2.05) is 0 Å². The normalized spacial score (nSPS) is 17.1. The highest BCUT2D eigenvalue weighted by Crippen LogP contribution is 2.42. The van der Waals surface area contributed by atoms with E-state index in [1.165, 1.54) is 24.9 Å². The first-order valence-electron chi connectivity index (χ1n) is 8.43. The zero-order chi connectivity index (χ0) is 18.6. The molecule has 2 amide bonds. The Balaban J connectivity index is 2.08. The maximum Gasteiger partial charge on any atom is 0.317 e. The van der Waals surface area contributed by atoms with E-state index in [9.17, 15) is 18.4 Å². The lowest BCUT2D eigenvalue weighted by atomic mass is 9.78. The van der Waals surface area contributed by atoms with Gasteiger partial charge in [0.25, 0.3) is 0 Å². The number of carboxylic acid groups (broad SMARTS) is 1. The maximum atomic E-state index is 14.3. The standard InChI is InChI=1S/C18H24F2N2O3/c1-12(16(23)24)10-22(2)17(25)21-11-18(8-3-4-9-18)13-6-5-7-14(19)15(13)20/h5-7,12H,3-4,8-11H2,1-2H3,(H,21,25)(H,23,24). The van der Waals surface area contributed by atoms with Crippen LogP contribution in [0.25, 0.3) is 0 Å². The number of halogens is 2. The lowest BCUT2D eigenvalue weighted by Crippen LogP contribution is -2.46. The number of carbonyl (C=O) groups excluding carboxylic acids is 1. The number of nitrogens with one attached hydrogen (secondary N) is 1. The molecule has 1 aliphatic rings. The second-order valence-corrected chi connectivity index (χ2v) is 6.87. The third-order valence-electron chi connectivity index (χ3n) is 4.98. The molecule has 0 heterocycles. The van der Waals surface area contributed by atoms with Gasteiger partial charge in [0, 0.05) is 25.6 Å². The molecule has 5 nitrogen and oxygen atoms in total. The number of carbonyl (C=O) groups is 2. The van der Waals surface area contributed by atoms with Gasteiger partial charge in [0.15, 0.2) is 11.6 Å². The highest BCUT2D eigenvalue weighted by Gasteiger charge is 2.38. The molecule has 7 heteroatoms. The van der Waals surface area contributed by atoms with Crippen LogP contribution < -0.4 is 5.32 Å². The molecular weight excluding hydrogens is 330 g/mol. The van der Waals surface area contributed by atoms with Crippen molar-refractivity contribution in [2.75, 3.05) is 20.1 Å². The first-order chi connectivity index (χ1) is 11.8. The molecule has 0 radical (unpaired) electrons. The third kappa shape index (κ3) is 4.27. The van der Waals surface area contributed by atoms with Crippen molar-refractivity contribution in [3.05, 3.63) is 35.4 Å². The SMILES string of the molecule is CC(CN(C)C(=O)NCC1(c2cccc(F)c2F)CCCC1)C(=O)O. The summed E-state index contributed by atoms with van der Waals surface area (Å²) in [6.45, 7) is 1.78. The van der Waals surface area contributed by atoms with E-state index in [1.54, 1.807) is 6.07 Å². The predicted octanol–water partition coefficient (Wildman–Crippen LogP) is 3.14. The molecule has 2 rings (SSSR count). The zero-order valence-electron chi connectivity index (χ0n) is 14.5. The molecule has 0 aromatic heterocycles. The molecule has 1 aromatic rings. The second kappa shape index (κ2) is 7.80. The molecule has 1 aliphatic carbocycles. The van der Waals surface area contributed by atoms with Gasteiger partial charge in [-0.15, -0.1) is 0 Å². The van der Waals surface area contributed by atoms with Crippen molar-refractivity contribution in [2.45, 2.75) is 38.0 Å². The first kappa shape index (κ1) is 19.1. The van der Waals surface area contributed by atoms with Gasteiger partial charge in [0.05, 0.1) is 5.92 Å². The minimum Gasteiger partial charge on any atom is -0.481 e. The number of aliphatic carboxylic acids is 1. The summed E-state index contributed by atoms with van der Waals surface area (Å²) in [5, 5.41) is 11.7. The number of benzene rings is 1. The summed E-state index contributed by atoms with van der Waals surface area (Å²) >= 11 is 0. The topological polar surface area (TPSA) is 69.6 Å². The van der Waals surface area contributed by atoms with Gasteiger partial charge in [-0.3, -0.25) is 4.79 Å². The Morgan fingerprint density at radius 3 is 2.56 bits per heavy atom. The van der Waals surface area contributed by atoms with E-state index in [0.29, 0.717) is 18.4 Å². The molecule has 1 fully saturated rings. The molecule has 138 valence electrons. The summed E-state index contributed by atoms with van der Waals surface area (Å²) in [7, 11) is 1.51. The van der Waals surface area contributed by atoms with Gasteiger partial charge in [0.2, 0.25) is 0 Å². The van der Waals surface area contributed by atoms with E-state index in [-0.39, 0.29) is 13.1 Å². The number of nitrogens with zero attached hydrogens (tertiary/aromatic N) is 1. The van der Waals surface area contributed by atoms with Crippen LogP contribution in [0.4, 0.5) is 13.6 Å². The highest BCUT2D eigenvalue weighted by atomic mass is 19.2. The van der Waals surface area contributed by atoms with Crippen LogP contribution in [0.3, 0.4) is 0 Å². The Kier molecular flexibility index (Phi) is 5.98. The summed E-state index contributed by atoms with van der Waals surface area (Å²) in [5.41, 5.74) is -0.326. The van der Waals surface area contributed by atoms with Crippen LogP contribution in [0.2, 0.25) is 0 Å². The average Bonchev–Trinajstić information content (AvgIpc) is 3.04. The fourth-order valence-electron chi connectivity index (χ4n) is 3.46. The molecule has 0 aliphatic heterocycles. The van der Waals surface area contributed by atoms with Gasteiger partial charge in [0.1, 0.15) is 0 Å². The van der Waals surface area contributed by atoms with Crippen LogP contribution in [0.15, 0.2) is 18.2 Å². The summed E-state index contributed by atoms with van der Waals surface area (Å²) in [6.07, 6.45) is 3.11. The summed E-state index contributed by atoms with van der Waals surface area (Å²) in [4.78, 5) is 24.4. The quantitative estimate of drug-likeness (QED) is 0.825. The monoisotopic (exact) mass is 354 g/mol. The molecule has 0 saturated heterocycles. The van der Waals surface area contributed by atoms with E-state index >= 15 is 0 Å². The fourth-order valence-corrected chi connectivity index (χ4v) is 3.46. The van der Waals surface area contributed by atoms with Gasteiger partial charge < -0.3 is 15.3 Å². The van der Waals surface area contributed by atoms with Crippen LogP contribution in [0.5, 0.6) is 0 Å². The minimum absolute atomic E-state index is 0.0719. The molecule has 25 heavy (non-hydrogen) atoms. The molecule has 1 unspecified atom stereocenters. The Morgan fingerprint density at radius 1 is 1.32 bits per heavy atom. The zero-order valence-corrected chi connectivity index (χ0v) is 14.5. The molecule has 0 bridgehead atoms. The van der Waals surface area contributed by atoms with E-state index in [0.717, 1.165) is 18.9 Å². The Morgan fingerprint density at radius 2 is 1.96 bits per heavy atom. The van der Waals surface area contributed by atoms with Crippen LogP contribution in [0.1, 0.15) is 38.2 Å². The van der Waals surface area contributed by atoms with Crippen LogP contribution in [-0.2, 0) is 10.2 Å². The largest absolute Gasteiger partial charge is 0.481 e. The summed E-state index contributed by atoms with van der Waals surface area (Å²) < 4.78 is 27.9. The van der Waals surface area contributed by atoms with Crippen molar-refractivity contribution in [1.29, 1.82) is 0 Å². The number of rotatable bonds is 6. The van der Waals surface area contributed by atoms with Gasteiger partial charge in [-0.05, 0) is 24.5 Å². The molecule has 0 spiro atoms. The average molecular weight is 354 g/mol. The number of urea groups is 1. The summed E-state index contributed by atoms with van der Waals surface area (Å²) in [5.74, 6) is -3.40. The van der Waals surface area contributed by atoms with Crippen molar-refractivity contribution < 1.29 is 23.5 Å². The van der Waals surface area contributed by atoms with E-state index < -0.39 is 35.0 Å². The Labute approximate surface area is 146 Å². The van der Waals surface area contributed by atoms with Crippen molar-refractivity contribution in [3.8, 4) is 0 Å². The fraction of sp³-hybridized carbons (Fsp3) is 0.556. The van der Waals surface area contributed by atoms with Gasteiger partial charge >= 0.3 is 12.0 Å². The van der Waals surface area contributed by atoms with E-state index in [2.05, 4.69) is 5.32 Å². The molecular formula is C18H24F2N2O3. The van der Waals surface area contributed by atoms with Gasteiger partial charge in [-0.1, -0.05) is 31.9 Å². The molecule has 1 aromatic carbocycles. The number of hydrogen-bond acceptors (Lipinski definition) is 2. The third-order valence-corrected chi connectivity index (χ3v) is 4.98. The van der Waals surface area contributed by atoms with Crippen molar-refractivity contribution >= 4 is 12.0 Å². The Bertz CT molecular complexity index is 645. The van der Waals surface area contributed by atoms with Crippen molar-refractivity contribution in [3.63, 3.8) is 0 Å². The smallest absolute Gasteiger partial charge is 0.317 e. The van der Waals surface area contributed by atoms with Crippen molar-refractivity contribution in [1.82, 2.24) is 10.2 Å². The minimum atomic E-state index is -0.978. The lowest BCUT2D eigenvalue weighted by Gasteiger charge is -2.31. The van der Waals surface area contributed by atoms with Gasteiger partial charge in [-0.2, -0.15) is 0 Å². The van der Waals surface area contributed by atoms with Crippen LogP contribution >= 0.6 is 0 Å². The summed E-state index contributed by atoms with van der Waals surface area (Å²) in [6, 6.07) is 3.72. The van der Waals surface area contributed by atoms with Crippen LogP contribution in [-0.4, -0.2) is 42.1 Å². The molecule has 2 N–H and O–H groups in total.